The second kappa shape index (κ2) is 5.37. The Labute approximate surface area is 104 Å². The zero-order valence-corrected chi connectivity index (χ0v) is 9.63. The molecule has 0 fully saturated rings. The van der Waals surface area contributed by atoms with E-state index in [0.717, 1.165) is 5.56 Å². The van der Waals surface area contributed by atoms with E-state index < -0.39 is 0 Å². The third-order valence-corrected chi connectivity index (χ3v) is 2.36. The minimum atomic E-state index is -0.173. The third kappa shape index (κ3) is 3.23. The summed E-state index contributed by atoms with van der Waals surface area (Å²) in [5, 5.41) is 0.669. The average Bonchev–Trinajstić information content (AvgIpc) is 2.39. The molecular formula is C13H9ClN2O. The maximum atomic E-state index is 11.7. The van der Waals surface area contributed by atoms with Crippen LogP contribution < -0.4 is 0 Å². The van der Waals surface area contributed by atoms with Gasteiger partial charge in [0.2, 0.25) is 5.78 Å². The maximum absolute atomic E-state index is 11.7. The Bertz CT molecular complexity index is 535. The van der Waals surface area contributed by atoms with Gasteiger partial charge in [-0.15, -0.1) is 0 Å². The molecule has 0 saturated carbocycles. The van der Waals surface area contributed by atoms with E-state index in [1.165, 1.54) is 24.7 Å². The van der Waals surface area contributed by atoms with Gasteiger partial charge in [0.15, 0.2) is 0 Å². The lowest BCUT2D eigenvalue weighted by Gasteiger charge is -1.94. The van der Waals surface area contributed by atoms with Crippen molar-refractivity contribution in [2.24, 2.45) is 0 Å². The maximum Gasteiger partial charge on any atom is 0.205 e. The van der Waals surface area contributed by atoms with Crippen LogP contribution in [-0.2, 0) is 0 Å². The largest absolute Gasteiger partial charge is 0.287 e. The molecule has 0 amide bonds. The van der Waals surface area contributed by atoms with Crippen LogP contribution in [0.4, 0.5) is 0 Å². The van der Waals surface area contributed by atoms with Crippen molar-refractivity contribution in [3.63, 3.8) is 0 Å². The fourth-order valence-electron chi connectivity index (χ4n) is 1.26. The summed E-state index contributed by atoms with van der Waals surface area (Å²) in [5.41, 5.74) is 1.24. The van der Waals surface area contributed by atoms with Crippen LogP contribution in [0.2, 0.25) is 5.02 Å². The summed E-state index contributed by atoms with van der Waals surface area (Å²) >= 11 is 5.76. The first-order chi connectivity index (χ1) is 8.25. The normalized spacial score (nSPS) is 10.6. The van der Waals surface area contributed by atoms with Crippen LogP contribution in [0.15, 0.2) is 48.9 Å². The molecule has 1 heterocycles. The van der Waals surface area contributed by atoms with E-state index in [9.17, 15) is 4.79 Å². The first-order valence-corrected chi connectivity index (χ1v) is 5.37. The van der Waals surface area contributed by atoms with Gasteiger partial charge in [0.05, 0.1) is 6.20 Å². The first kappa shape index (κ1) is 11.5. The summed E-state index contributed by atoms with van der Waals surface area (Å²) in [4.78, 5) is 19.4. The van der Waals surface area contributed by atoms with Crippen molar-refractivity contribution in [2.75, 3.05) is 0 Å². The monoisotopic (exact) mass is 244 g/mol. The van der Waals surface area contributed by atoms with Crippen molar-refractivity contribution >= 4 is 23.5 Å². The number of carbonyl (C=O) groups is 1. The Hall–Kier alpha value is -2.00. The van der Waals surface area contributed by atoms with Crippen molar-refractivity contribution < 1.29 is 4.79 Å². The van der Waals surface area contributed by atoms with Crippen LogP contribution in [0.3, 0.4) is 0 Å². The van der Waals surface area contributed by atoms with Gasteiger partial charge in [-0.1, -0.05) is 29.8 Å². The van der Waals surface area contributed by atoms with E-state index >= 15 is 0 Å². The third-order valence-electron chi connectivity index (χ3n) is 2.11. The molecule has 1 aromatic heterocycles. The van der Waals surface area contributed by atoms with Crippen LogP contribution in [0.25, 0.3) is 6.08 Å². The molecule has 0 radical (unpaired) electrons. The molecule has 1 aromatic carbocycles. The Kier molecular flexibility index (Phi) is 3.62. The molecular weight excluding hydrogens is 236 g/mol. The minimum absolute atomic E-state index is 0.173. The standard InChI is InChI=1S/C13H9ClN2O/c14-11-4-1-10(2-5-11)3-6-13(17)12-9-15-7-8-16-12/h1-9H. The molecule has 4 heteroatoms. The lowest BCUT2D eigenvalue weighted by Crippen LogP contribution is -1.97. The van der Waals surface area contributed by atoms with Crippen molar-refractivity contribution in [3.8, 4) is 0 Å². The topological polar surface area (TPSA) is 42.9 Å². The molecule has 2 rings (SSSR count). The van der Waals surface area contributed by atoms with E-state index in [1.54, 1.807) is 18.2 Å². The Morgan fingerprint density at radius 2 is 1.94 bits per heavy atom. The predicted molar refractivity (Wildman–Crippen MR) is 66.8 cm³/mol. The fourth-order valence-corrected chi connectivity index (χ4v) is 1.38. The van der Waals surface area contributed by atoms with Crippen molar-refractivity contribution in [1.29, 1.82) is 0 Å². The number of nitrogens with zero attached hydrogens (tertiary/aromatic N) is 2. The molecule has 84 valence electrons. The lowest BCUT2D eigenvalue weighted by atomic mass is 10.2. The van der Waals surface area contributed by atoms with Crippen LogP contribution in [-0.4, -0.2) is 15.8 Å². The van der Waals surface area contributed by atoms with Crippen LogP contribution in [0, 0.1) is 0 Å². The minimum Gasteiger partial charge on any atom is -0.287 e. The van der Waals surface area contributed by atoms with Gasteiger partial charge >= 0.3 is 0 Å². The van der Waals surface area contributed by atoms with Crippen molar-refractivity contribution in [3.05, 3.63) is 65.2 Å². The second-order valence-electron chi connectivity index (χ2n) is 3.34. The summed E-state index contributed by atoms with van der Waals surface area (Å²) in [7, 11) is 0. The molecule has 0 aliphatic carbocycles. The van der Waals surface area contributed by atoms with Gasteiger partial charge in [-0.3, -0.25) is 9.78 Å². The molecule has 0 aliphatic heterocycles. The van der Waals surface area contributed by atoms with Crippen LogP contribution in [0.1, 0.15) is 16.1 Å². The zero-order chi connectivity index (χ0) is 12.1. The van der Waals surface area contributed by atoms with Crippen LogP contribution in [0.5, 0.6) is 0 Å². The fraction of sp³-hybridized carbons (Fsp3) is 0. The quantitative estimate of drug-likeness (QED) is 0.616. The molecule has 0 atom stereocenters. The molecule has 0 spiro atoms. The summed E-state index contributed by atoms with van der Waals surface area (Å²) in [5.74, 6) is -0.173. The number of allylic oxidation sites excluding steroid dienone is 1. The zero-order valence-electron chi connectivity index (χ0n) is 8.88. The number of ketones is 1. The van der Waals surface area contributed by atoms with Crippen molar-refractivity contribution in [2.45, 2.75) is 0 Å². The van der Waals surface area contributed by atoms with E-state index in [0.29, 0.717) is 10.7 Å². The summed E-state index contributed by atoms with van der Waals surface area (Å²) in [6.07, 6.45) is 7.64. The number of rotatable bonds is 3. The summed E-state index contributed by atoms with van der Waals surface area (Å²) in [6, 6.07) is 7.22. The molecule has 0 saturated heterocycles. The molecule has 2 aromatic rings. The number of aromatic nitrogens is 2. The number of hydrogen-bond donors (Lipinski definition) is 0. The number of halogens is 1. The van der Waals surface area contributed by atoms with E-state index in [4.69, 9.17) is 11.6 Å². The van der Waals surface area contributed by atoms with Gasteiger partial charge in [0, 0.05) is 17.4 Å². The van der Waals surface area contributed by atoms with Gasteiger partial charge in [0.1, 0.15) is 5.69 Å². The van der Waals surface area contributed by atoms with Crippen LogP contribution >= 0.6 is 11.6 Å². The highest BCUT2D eigenvalue weighted by Crippen LogP contribution is 2.10. The average molecular weight is 245 g/mol. The number of carbonyl (C=O) groups excluding carboxylic acids is 1. The Balaban J connectivity index is 2.11. The lowest BCUT2D eigenvalue weighted by molar-refractivity contribution is 0.104. The van der Waals surface area contributed by atoms with Gasteiger partial charge in [-0.25, -0.2) is 4.98 Å². The van der Waals surface area contributed by atoms with Gasteiger partial charge in [-0.2, -0.15) is 0 Å². The molecule has 17 heavy (non-hydrogen) atoms. The highest BCUT2D eigenvalue weighted by Gasteiger charge is 2.01. The summed E-state index contributed by atoms with van der Waals surface area (Å²) in [6.45, 7) is 0. The molecule has 0 N–H and O–H groups in total. The van der Waals surface area contributed by atoms with Crippen molar-refractivity contribution in [1.82, 2.24) is 9.97 Å². The molecule has 0 aliphatic rings. The highest BCUT2D eigenvalue weighted by molar-refractivity contribution is 6.30. The number of benzene rings is 1. The number of hydrogen-bond acceptors (Lipinski definition) is 3. The van der Waals surface area contributed by atoms with Gasteiger partial charge < -0.3 is 0 Å². The molecule has 3 nitrogen and oxygen atoms in total. The predicted octanol–water partition coefficient (Wildman–Crippen LogP) is 3.03. The Morgan fingerprint density at radius 1 is 1.18 bits per heavy atom. The molecule has 0 unspecified atom stereocenters. The molecule has 0 bridgehead atoms. The summed E-state index contributed by atoms with van der Waals surface area (Å²) < 4.78 is 0. The second-order valence-corrected chi connectivity index (χ2v) is 3.78. The van der Waals surface area contributed by atoms with E-state index in [2.05, 4.69) is 9.97 Å². The Morgan fingerprint density at radius 3 is 2.59 bits per heavy atom. The first-order valence-electron chi connectivity index (χ1n) is 5.00. The highest BCUT2D eigenvalue weighted by atomic mass is 35.5. The van der Waals surface area contributed by atoms with E-state index in [1.807, 2.05) is 12.1 Å². The smallest absolute Gasteiger partial charge is 0.205 e. The van der Waals surface area contributed by atoms with Gasteiger partial charge in [0.25, 0.3) is 0 Å². The van der Waals surface area contributed by atoms with E-state index in [-0.39, 0.29) is 5.78 Å². The van der Waals surface area contributed by atoms with Gasteiger partial charge in [-0.05, 0) is 23.8 Å². The SMILES string of the molecule is O=C(C=Cc1ccc(Cl)cc1)c1cnccn1.